The number of carbonyl (C=O) groups excluding carboxylic acids is 1. The first-order valence-electron chi connectivity index (χ1n) is 11.4. The van der Waals surface area contributed by atoms with Crippen LogP contribution in [0.4, 0.5) is 0 Å². The van der Waals surface area contributed by atoms with Crippen molar-refractivity contribution in [1.29, 1.82) is 0 Å². The van der Waals surface area contributed by atoms with Gasteiger partial charge in [0.25, 0.3) is 0 Å². The van der Waals surface area contributed by atoms with Crippen molar-refractivity contribution in [2.75, 3.05) is 13.2 Å². The van der Waals surface area contributed by atoms with Gasteiger partial charge < -0.3 is 14.6 Å². The summed E-state index contributed by atoms with van der Waals surface area (Å²) in [7, 11) is 0. The van der Waals surface area contributed by atoms with E-state index >= 15 is 0 Å². The maximum atomic E-state index is 10.3. The van der Waals surface area contributed by atoms with Crippen molar-refractivity contribution in [2.45, 2.75) is 103 Å². The molecule has 5 heteroatoms. The molecule has 1 aliphatic rings. The molecule has 0 amide bonds. The highest BCUT2D eigenvalue weighted by Gasteiger charge is 2.23. The second-order valence-electron chi connectivity index (χ2n) is 7.56. The number of hydrogen-bond donors (Lipinski definition) is 1. The Hall–Kier alpha value is -1.62. The second kappa shape index (κ2) is 21.1. The number of carboxylic acids is 1. The molecule has 1 aliphatic heterocycles. The van der Waals surface area contributed by atoms with Crippen LogP contribution in [0.15, 0.2) is 24.8 Å². The molecule has 0 bridgehead atoms. The van der Waals surface area contributed by atoms with Crippen LogP contribution in [0.25, 0.3) is 0 Å². The third-order valence-corrected chi connectivity index (χ3v) is 4.72. The molecular weight excluding hydrogens is 368 g/mol. The Morgan fingerprint density at radius 2 is 1.45 bits per heavy atom. The van der Waals surface area contributed by atoms with Crippen LogP contribution in [-0.4, -0.2) is 36.4 Å². The van der Waals surface area contributed by atoms with Gasteiger partial charge in [-0.3, -0.25) is 0 Å². The number of aliphatic carboxylic acids is 1. The summed E-state index contributed by atoms with van der Waals surface area (Å²) in [6, 6.07) is 0. The van der Waals surface area contributed by atoms with Gasteiger partial charge in [-0.15, -0.1) is 0 Å². The molecule has 0 spiro atoms. The van der Waals surface area contributed by atoms with Crippen molar-refractivity contribution in [3.8, 4) is 0 Å². The third kappa shape index (κ3) is 24.3. The zero-order chi connectivity index (χ0) is 21.6. The van der Waals surface area contributed by atoms with Crippen LogP contribution < -0.4 is 0 Å². The molecule has 1 fully saturated rings. The van der Waals surface area contributed by atoms with Gasteiger partial charge in [0.05, 0.1) is 6.61 Å². The van der Waals surface area contributed by atoms with E-state index in [4.69, 9.17) is 9.84 Å². The molecule has 1 N–H and O–H groups in total. The highest BCUT2D eigenvalue weighted by atomic mass is 16.6. The van der Waals surface area contributed by atoms with Gasteiger partial charge in [0.15, 0.2) is 0 Å². The Kier molecular flexibility index (Phi) is 19.9. The molecule has 0 aromatic carbocycles. The second-order valence-corrected chi connectivity index (χ2v) is 7.56. The number of hydrogen-bond acceptors (Lipinski definition) is 4. The van der Waals surface area contributed by atoms with Crippen LogP contribution >= 0.6 is 0 Å². The van der Waals surface area contributed by atoms with Crippen molar-refractivity contribution in [1.82, 2.24) is 0 Å². The smallest absolute Gasteiger partial charge is 0.330 e. The molecule has 1 atom stereocenters. The lowest BCUT2D eigenvalue weighted by Crippen LogP contribution is -2.06. The van der Waals surface area contributed by atoms with Gasteiger partial charge in [0.1, 0.15) is 12.7 Å². The van der Waals surface area contributed by atoms with Crippen LogP contribution in [0.2, 0.25) is 0 Å². The molecule has 0 saturated carbocycles. The number of unbranched alkanes of at least 4 members (excludes halogenated alkanes) is 13. The topological polar surface area (TPSA) is 76.1 Å². The summed E-state index contributed by atoms with van der Waals surface area (Å²) in [5, 5.41) is 8.43. The van der Waals surface area contributed by atoms with E-state index in [0.29, 0.717) is 13.2 Å². The average Bonchev–Trinajstić information content (AvgIpc) is 3.54. The molecule has 168 valence electrons. The minimum Gasteiger partial charge on any atom is -0.478 e. The fourth-order valence-corrected chi connectivity index (χ4v) is 2.86. The first kappa shape index (κ1) is 27.4. The normalized spacial score (nSPS) is 14.9. The highest BCUT2D eigenvalue weighted by molar-refractivity contribution is 5.81. The fourth-order valence-electron chi connectivity index (χ4n) is 2.86. The molecule has 1 rings (SSSR count). The molecule has 0 aromatic rings. The predicted octanol–water partition coefficient (Wildman–Crippen LogP) is 6.22. The van der Waals surface area contributed by atoms with Crippen molar-refractivity contribution >= 4 is 11.9 Å². The summed E-state index contributed by atoms with van der Waals surface area (Å²) in [6.45, 7) is 6.59. The van der Waals surface area contributed by atoms with Crippen molar-refractivity contribution in [3.63, 3.8) is 0 Å². The number of allylic oxidation sites excluding steroid dienone is 1. The summed E-state index contributed by atoms with van der Waals surface area (Å²) in [6.07, 6.45) is 22.8. The Balaban J connectivity index is 0.000000717. The lowest BCUT2D eigenvalue weighted by Gasteiger charge is -2.02. The fraction of sp³-hybridized carbons (Fsp3) is 0.750. The summed E-state index contributed by atoms with van der Waals surface area (Å²) >= 11 is 0. The average molecular weight is 411 g/mol. The van der Waals surface area contributed by atoms with Crippen LogP contribution in [-0.2, 0) is 19.1 Å². The number of esters is 1. The number of epoxide rings is 1. The minimum atomic E-state index is -0.834. The van der Waals surface area contributed by atoms with E-state index in [2.05, 4.69) is 18.2 Å². The number of carboxylic acid groups (broad SMARTS) is 1. The standard InChI is InChI=1S/C18H34O2.C6H8O3/c1-2-3-4-5-6-7-8-9-10-11-12-13-14-15-16-17-18(19)20;1-2-6(7)9-4-5-3-8-5/h16-17H,2-15H2,1H3,(H,19,20);2,5H,1,3-4H2. The Labute approximate surface area is 177 Å². The minimum absolute atomic E-state index is 0.147. The summed E-state index contributed by atoms with van der Waals surface area (Å²) in [5.74, 6) is -1.22. The van der Waals surface area contributed by atoms with Gasteiger partial charge >= 0.3 is 11.9 Å². The zero-order valence-corrected chi connectivity index (χ0v) is 18.4. The summed E-state index contributed by atoms with van der Waals surface area (Å²) < 4.78 is 9.42. The maximum absolute atomic E-state index is 10.3. The van der Waals surface area contributed by atoms with E-state index in [9.17, 15) is 9.59 Å². The molecule has 0 aromatic heterocycles. The molecular formula is C24H42O5. The molecule has 1 unspecified atom stereocenters. The highest BCUT2D eigenvalue weighted by Crippen LogP contribution is 2.13. The van der Waals surface area contributed by atoms with Crippen LogP contribution in [0, 0.1) is 0 Å². The van der Waals surface area contributed by atoms with Crippen LogP contribution in [0.3, 0.4) is 0 Å². The number of rotatable bonds is 18. The van der Waals surface area contributed by atoms with Crippen molar-refractivity contribution in [2.24, 2.45) is 0 Å². The van der Waals surface area contributed by atoms with E-state index in [0.717, 1.165) is 18.9 Å². The number of ether oxygens (including phenoxy) is 2. The summed E-state index contributed by atoms with van der Waals surface area (Å²) in [4.78, 5) is 20.6. The van der Waals surface area contributed by atoms with E-state index in [1.165, 1.54) is 83.1 Å². The maximum Gasteiger partial charge on any atom is 0.330 e. The van der Waals surface area contributed by atoms with Crippen molar-refractivity contribution < 1.29 is 24.2 Å². The van der Waals surface area contributed by atoms with Crippen LogP contribution in [0.5, 0.6) is 0 Å². The van der Waals surface area contributed by atoms with Gasteiger partial charge in [-0.05, 0) is 12.8 Å². The monoisotopic (exact) mass is 410 g/mol. The number of carbonyl (C=O) groups is 2. The van der Waals surface area contributed by atoms with Gasteiger partial charge in [0, 0.05) is 12.2 Å². The Bertz CT molecular complexity index is 441. The summed E-state index contributed by atoms with van der Waals surface area (Å²) in [5.41, 5.74) is 0. The molecule has 29 heavy (non-hydrogen) atoms. The zero-order valence-electron chi connectivity index (χ0n) is 18.4. The van der Waals surface area contributed by atoms with Crippen molar-refractivity contribution in [3.05, 3.63) is 24.8 Å². The quantitative estimate of drug-likeness (QED) is 0.126. The van der Waals surface area contributed by atoms with E-state index in [-0.39, 0.29) is 12.1 Å². The lowest BCUT2D eigenvalue weighted by atomic mass is 10.0. The molecule has 1 saturated heterocycles. The van der Waals surface area contributed by atoms with Gasteiger partial charge in [-0.25, -0.2) is 9.59 Å². The Morgan fingerprint density at radius 1 is 0.966 bits per heavy atom. The first-order valence-corrected chi connectivity index (χ1v) is 11.4. The molecule has 0 aliphatic carbocycles. The SMILES string of the molecule is C=CC(=O)OCC1CO1.CCCCCCCCCCCCCCCC=CC(=O)O. The first-order chi connectivity index (χ1) is 14.1. The van der Waals surface area contributed by atoms with E-state index in [1.807, 2.05) is 0 Å². The third-order valence-electron chi connectivity index (χ3n) is 4.72. The molecule has 1 heterocycles. The predicted molar refractivity (Wildman–Crippen MR) is 118 cm³/mol. The van der Waals surface area contributed by atoms with E-state index in [1.54, 1.807) is 6.08 Å². The largest absolute Gasteiger partial charge is 0.478 e. The van der Waals surface area contributed by atoms with Gasteiger partial charge in [-0.1, -0.05) is 96.6 Å². The lowest BCUT2D eigenvalue weighted by molar-refractivity contribution is -0.138. The van der Waals surface area contributed by atoms with Crippen LogP contribution in [0.1, 0.15) is 96.8 Å². The molecule has 5 nitrogen and oxygen atoms in total. The van der Waals surface area contributed by atoms with E-state index < -0.39 is 5.97 Å². The van der Waals surface area contributed by atoms with Gasteiger partial charge in [0.2, 0.25) is 0 Å². The Morgan fingerprint density at radius 3 is 1.86 bits per heavy atom. The van der Waals surface area contributed by atoms with Gasteiger partial charge in [-0.2, -0.15) is 0 Å². The molecule has 0 radical (unpaired) electrons.